The predicted molar refractivity (Wildman–Crippen MR) is 69.4 cm³/mol. The zero-order valence-electron chi connectivity index (χ0n) is 9.89. The van der Waals surface area contributed by atoms with Crippen molar-refractivity contribution in [2.45, 2.75) is 6.92 Å². The molecule has 0 aliphatic heterocycles. The van der Waals surface area contributed by atoms with Crippen LogP contribution < -0.4 is 5.01 Å². The number of amides is 1. The smallest absolute Gasteiger partial charge is 0.267 e. The molecule has 0 radical (unpaired) electrons. The average Bonchev–Trinajstić information content (AvgIpc) is 2.46. The quantitative estimate of drug-likeness (QED) is 0.610. The Kier molecular flexibility index (Phi) is 3.76. The molecule has 0 fully saturated rings. The fourth-order valence-electron chi connectivity index (χ4n) is 1.45. The first-order valence-electron chi connectivity index (χ1n) is 5.46. The summed E-state index contributed by atoms with van der Waals surface area (Å²) in [6.45, 7) is 1.76. The van der Waals surface area contributed by atoms with Gasteiger partial charge >= 0.3 is 0 Å². The van der Waals surface area contributed by atoms with Crippen molar-refractivity contribution < 1.29 is 4.79 Å². The topological polar surface area (TPSA) is 58.5 Å². The first-order valence-corrected chi connectivity index (χ1v) is 5.46. The highest BCUT2D eigenvalue weighted by Crippen LogP contribution is 2.16. The largest absolute Gasteiger partial charge is 0.278 e. The summed E-state index contributed by atoms with van der Waals surface area (Å²) in [7, 11) is 0. The summed E-state index contributed by atoms with van der Waals surface area (Å²) in [6, 6.07) is 6.77. The summed E-state index contributed by atoms with van der Waals surface area (Å²) >= 11 is 0. The van der Waals surface area contributed by atoms with Gasteiger partial charge in [-0.3, -0.25) is 14.8 Å². The lowest BCUT2D eigenvalue weighted by Crippen LogP contribution is -2.25. The van der Waals surface area contributed by atoms with Crippen molar-refractivity contribution >= 4 is 17.8 Å². The number of hydrogen-bond acceptors (Lipinski definition) is 4. The van der Waals surface area contributed by atoms with Crippen LogP contribution in [0, 0.1) is 0 Å². The maximum Gasteiger partial charge on any atom is 0.278 e. The number of anilines is 1. The van der Waals surface area contributed by atoms with Gasteiger partial charge in [0.25, 0.3) is 5.91 Å². The standard InChI is InChI=1S/C13H12N4O/c1-2-16-17(12-5-9-15-10-6-12)13(18)11-3-7-14-8-4-11/h2-10H,1H3/b16-2+. The van der Waals surface area contributed by atoms with Gasteiger partial charge in [0.2, 0.25) is 0 Å². The minimum absolute atomic E-state index is 0.207. The van der Waals surface area contributed by atoms with Crippen LogP contribution in [-0.4, -0.2) is 22.1 Å². The Hall–Kier alpha value is -2.56. The van der Waals surface area contributed by atoms with Gasteiger partial charge in [-0.25, -0.2) is 0 Å². The number of pyridine rings is 2. The molecule has 0 aliphatic carbocycles. The highest BCUT2D eigenvalue weighted by atomic mass is 16.2. The van der Waals surface area contributed by atoms with Crippen molar-refractivity contribution in [1.29, 1.82) is 0 Å². The summed E-state index contributed by atoms with van der Waals surface area (Å²) in [5, 5.41) is 5.41. The number of nitrogens with zero attached hydrogens (tertiary/aromatic N) is 4. The van der Waals surface area contributed by atoms with Gasteiger partial charge in [0.15, 0.2) is 0 Å². The first kappa shape index (κ1) is 11.9. The van der Waals surface area contributed by atoms with Crippen molar-refractivity contribution in [3.8, 4) is 0 Å². The molecule has 0 unspecified atom stereocenters. The third kappa shape index (κ3) is 2.57. The molecular weight excluding hydrogens is 228 g/mol. The van der Waals surface area contributed by atoms with E-state index in [4.69, 9.17) is 0 Å². The average molecular weight is 240 g/mol. The Morgan fingerprint density at radius 2 is 1.67 bits per heavy atom. The fourth-order valence-corrected chi connectivity index (χ4v) is 1.45. The van der Waals surface area contributed by atoms with Crippen LogP contribution in [-0.2, 0) is 0 Å². The van der Waals surface area contributed by atoms with Crippen molar-refractivity contribution in [2.75, 3.05) is 5.01 Å². The van der Waals surface area contributed by atoms with Crippen molar-refractivity contribution in [3.05, 3.63) is 54.6 Å². The molecule has 0 atom stereocenters. The van der Waals surface area contributed by atoms with Crippen LogP contribution >= 0.6 is 0 Å². The van der Waals surface area contributed by atoms with Gasteiger partial charge in [0.1, 0.15) is 0 Å². The lowest BCUT2D eigenvalue weighted by atomic mass is 10.2. The van der Waals surface area contributed by atoms with E-state index in [1.165, 1.54) is 5.01 Å². The van der Waals surface area contributed by atoms with Gasteiger partial charge in [-0.2, -0.15) is 10.1 Å². The van der Waals surface area contributed by atoms with E-state index in [1.807, 2.05) is 0 Å². The first-order chi connectivity index (χ1) is 8.83. The van der Waals surface area contributed by atoms with E-state index >= 15 is 0 Å². The molecule has 0 N–H and O–H groups in total. The highest BCUT2D eigenvalue weighted by Gasteiger charge is 2.16. The van der Waals surface area contributed by atoms with Crippen LogP contribution in [0.15, 0.2) is 54.2 Å². The zero-order valence-corrected chi connectivity index (χ0v) is 9.89. The molecule has 2 aromatic heterocycles. The molecule has 5 heteroatoms. The SMILES string of the molecule is C/C=N/N(C(=O)c1ccncc1)c1ccncc1. The normalized spacial score (nSPS) is 10.5. The fraction of sp³-hybridized carbons (Fsp3) is 0.0769. The Labute approximate surface area is 105 Å². The van der Waals surface area contributed by atoms with Crippen LogP contribution in [0.5, 0.6) is 0 Å². The van der Waals surface area contributed by atoms with E-state index in [9.17, 15) is 4.79 Å². The number of aromatic nitrogens is 2. The van der Waals surface area contributed by atoms with Crippen LogP contribution in [0.4, 0.5) is 5.69 Å². The molecule has 0 bridgehead atoms. The molecule has 5 nitrogen and oxygen atoms in total. The Morgan fingerprint density at radius 1 is 1.11 bits per heavy atom. The molecule has 2 aromatic rings. The minimum Gasteiger partial charge on any atom is -0.267 e. The number of carbonyl (C=O) groups excluding carboxylic acids is 1. The summed E-state index contributed by atoms with van der Waals surface area (Å²) in [4.78, 5) is 20.1. The Balaban J connectivity index is 2.35. The van der Waals surface area contributed by atoms with Gasteiger partial charge < -0.3 is 0 Å². The van der Waals surface area contributed by atoms with E-state index < -0.39 is 0 Å². The van der Waals surface area contributed by atoms with E-state index in [-0.39, 0.29) is 5.91 Å². The maximum atomic E-state index is 12.3. The number of hydrogen-bond donors (Lipinski definition) is 0. The van der Waals surface area contributed by atoms with Gasteiger partial charge in [-0.05, 0) is 31.2 Å². The zero-order chi connectivity index (χ0) is 12.8. The second-order valence-electron chi connectivity index (χ2n) is 3.43. The molecular formula is C13H12N4O. The van der Waals surface area contributed by atoms with E-state index in [0.717, 1.165) is 0 Å². The lowest BCUT2D eigenvalue weighted by Gasteiger charge is -2.16. The van der Waals surface area contributed by atoms with Crippen molar-refractivity contribution in [3.63, 3.8) is 0 Å². The second-order valence-corrected chi connectivity index (χ2v) is 3.43. The number of carbonyl (C=O) groups is 1. The lowest BCUT2D eigenvalue weighted by molar-refractivity contribution is 0.0987. The Morgan fingerprint density at radius 3 is 2.22 bits per heavy atom. The molecule has 0 saturated heterocycles. The predicted octanol–water partition coefficient (Wildman–Crippen LogP) is 2.13. The van der Waals surface area contributed by atoms with Crippen molar-refractivity contribution in [2.24, 2.45) is 5.10 Å². The summed E-state index contributed by atoms with van der Waals surface area (Å²) in [5.41, 5.74) is 1.21. The van der Waals surface area contributed by atoms with E-state index in [2.05, 4.69) is 15.1 Å². The highest BCUT2D eigenvalue weighted by molar-refractivity contribution is 6.06. The monoisotopic (exact) mass is 240 g/mol. The molecule has 18 heavy (non-hydrogen) atoms. The molecule has 1 amide bonds. The summed E-state index contributed by atoms with van der Waals surface area (Å²) < 4.78 is 0. The maximum absolute atomic E-state index is 12.3. The van der Waals surface area contributed by atoms with Gasteiger partial charge in [0.05, 0.1) is 5.69 Å². The second kappa shape index (κ2) is 5.67. The molecule has 90 valence electrons. The van der Waals surface area contributed by atoms with Crippen molar-refractivity contribution in [1.82, 2.24) is 9.97 Å². The molecule has 0 aromatic carbocycles. The summed E-state index contributed by atoms with van der Waals surface area (Å²) in [5.74, 6) is -0.207. The van der Waals surface area contributed by atoms with Crippen LogP contribution in [0.1, 0.15) is 17.3 Å². The molecule has 0 saturated carbocycles. The van der Waals surface area contributed by atoms with Crippen LogP contribution in [0.2, 0.25) is 0 Å². The molecule has 2 rings (SSSR count). The number of rotatable bonds is 3. The van der Waals surface area contributed by atoms with E-state index in [0.29, 0.717) is 11.3 Å². The van der Waals surface area contributed by atoms with Crippen LogP contribution in [0.3, 0.4) is 0 Å². The molecule has 2 heterocycles. The van der Waals surface area contributed by atoms with Crippen LogP contribution in [0.25, 0.3) is 0 Å². The van der Waals surface area contributed by atoms with Gasteiger partial charge in [0, 0.05) is 36.6 Å². The number of hydrazone groups is 1. The summed E-state index contributed by atoms with van der Waals surface area (Å²) in [6.07, 6.45) is 7.96. The molecule has 0 aliphatic rings. The minimum atomic E-state index is -0.207. The Bertz CT molecular complexity index is 539. The van der Waals surface area contributed by atoms with Gasteiger partial charge in [-0.1, -0.05) is 0 Å². The van der Waals surface area contributed by atoms with E-state index in [1.54, 1.807) is 62.2 Å². The third-order valence-electron chi connectivity index (χ3n) is 2.26. The molecule has 0 spiro atoms. The third-order valence-corrected chi connectivity index (χ3v) is 2.26. The van der Waals surface area contributed by atoms with Gasteiger partial charge in [-0.15, -0.1) is 0 Å².